The van der Waals surface area contributed by atoms with Crippen LogP contribution in [0.5, 0.6) is 0 Å². The van der Waals surface area contributed by atoms with Crippen molar-refractivity contribution >= 4 is 5.57 Å². The predicted molar refractivity (Wildman–Crippen MR) is 68.1 cm³/mol. The van der Waals surface area contributed by atoms with Crippen molar-refractivity contribution in [2.75, 3.05) is 0 Å². The predicted octanol–water partition coefficient (Wildman–Crippen LogP) is 3.99. The van der Waals surface area contributed by atoms with E-state index >= 15 is 0 Å². The molecule has 0 fully saturated rings. The van der Waals surface area contributed by atoms with Crippen LogP contribution in [0.25, 0.3) is 5.57 Å². The Morgan fingerprint density at radius 1 is 0.812 bits per heavy atom. The smallest absolute Gasteiger partial charge is 0.0138 e. The molecule has 0 heterocycles. The summed E-state index contributed by atoms with van der Waals surface area (Å²) in [5.74, 6) is 0. The normalized spacial score (nSPS) is 13.4. The standard InChI is InChI=1S/C16H13/c1-12-6-5-9-14-10-11-15(16(12)14)13-7-3-2-4-8-13/h2-11H,1H3. The van der Waals surface area contributed by atoms with Gasteiger partial charge in [0.2, 0.25) is 0 Å². The van der Waals surface area contributed by atoms with E-state index in [1.165, 1.54) is 27.8 Å². The van der Waals surface area contributed by atoms with Crippen LogP contribution >= 0.6 is 0 Å². The van der Waals surface area contributed by atoms with Crippen molar-refractivity contribution in [1.82, 2.24) is 0 Å². The van der Waals surface area contributed by atoms with Gasteiger partial charge >= 0.3 is 0 Å². The van der Waals surface area contributed by atoms with Crippen LogP contribution < -0.4 is 0 Å². The Hall–Kier alpha value is -1.82. The fraction of sp³-hybridized carbons (Fsp3) is 0.0625. The van der Waals surface area contributed by atoms with E-state index in [2.05, 4.69) is 68.0 Å². The molecule has 0 atom stereocenters. The summed E-state index contributed by atoms with van der Waals surface area (Å²) < 4.78 is 0. The molecule has 0 N–H and O–H groups in total. The number of fused-ring (bicyclic) bond motifs is 1. The van der Waals surface area contributed by atoms with Gasteiger partial charge in [0.15, 0.2) is 0 Å². The SMILES string of the molecule is Cc1cccc2c1C(c1ccccc1)=C[CH]2. The van der Waals surface area contributed by atoms with Crippen LogP contribution in [0.3, 0.4) is 0 Å². The van der Waals surface area contributed by atoms with Crippen molar-refractivity contribution in [2.24, 2.45) is 0 Å². The van der Waals surface area contributed by atoms with E-state index in [-0.39, 0.29) is 0 Å². The molecule has 1 aliphatic carbocycles. The lowest BCUT2D eigenvalue weighted by molar-refractivity contribution is 1.39. The van der Waals surface area contributed by atoms with Gasteiger partial charge in [0.1, 0.15) is 0 Å². The van der Waals surface area contributed by atoms with Crippen molar-refractivity contribution in [3.05, 3.63) is 83.3 Å². The highest BCUT2D eigenvalue weighted by Crippen LogP contribution is 2.35. The van der Waals surface area contributed by atoms with Crippen molar-refractivity contribution < 1.29 is 0 Å². The minimum absolute atomic E-state index is 1.30. The molecule has 2 aromatic rings. The number of aryl methyl sites for hydroxylation is 1. The van der Waals surface area contributed by atoms with Gasteiger partial charge in [-0.2, -0.15) is 0 Å². The number of benzene rings is 2. The molecule has 0 aromatic heterocycles. The maximum absolute atomic E-state index is 2.22. The summed E-state index contributed by atoms with van der Waals surface area (Å²) in [6, 6.07) is 17.0. The van der Waals surface area contributed by atoms with Crippen LogP contribution in [0, 0.1) is 13.3 Å². The van der Waals surface area contributed by atoms with E-state index in [0.717, 1.165) is 0 Å². The first kappa shape index (κ1) is 9.41. The van der Waals surface area contributed by atoms with Crippen molar-refractivity contribution in [3.63, 3.8) is 0 Å². The summed E-state index contributed by atoms with van der Waals surface area (Å²) in [6.45, 7) is 2.18. The fourth-order valence-corrected chi connectivity index (χ4v) is 2.31. The van der Waals surface area contributed by atoms with E-state index in [1.807, 2.05) is 0 Å². The van der Waals surface area contributed by atoms with Crippen LogP contribution in [-0.4, -0.2) is 0 Å². The Morgan fingerprint density at radius 3 is 2.44 bits per heavy atom. The van der Waals surface area contributed by atoms with Gasteiger partial charge in [0.25, 0.3) is 0 Å². The minimum Gasteiger partial charge on any atom is -0.0676 e. The molecule has 77 valence electrons. The number of allylic oxidation sites excluding steroid dienone is 1. The summed E-state index contributed by atoms with van der Waals surface area (Å²) in [6.07, 6.45) is 4.41. The molecule has 0 nitrogen and oxygen atoms in total. The van der Waals surface area contributed by atoms with E-state index in [9.17, 15) is 0 Å². The quantitative estimate of drug-likeness (QED) is 0.660. The lowest BCUT2D eigenvalue weighted by atomic mass is 9.95. The molecule has 0 bridgehead atoms. The Bertz CT molecular complexity index is 548. The Labute approximate surface area is 96.3 Å². The summed E-state index contributed by atoms with van der Waals surface area (Å²) >= 11 is 0. The second-order valence-corrected chi connectivity index (χ2v) is 4.15. The summed E-state index contributed by atoms with van der Waals surface area (Å²) in [7, 11) is 0. The Morgan fingerprint density at radius 2 is 1.62 bits per heavy atom. The number of hydrogen-bond acceptors (Lipinski definition) is 0. The van der Waals surface area contributed by atoms with Crippen LogP contribution in [0.1, 0.15) is 22.3 Å². The molecule has 3 rings (SSSR count). The second-order valence-electron chi connectivity index (χ2n) is 4.15. The third kappa shape index (κ3) is 1.38. The topological polar surface area (TPSA) is 0 Å². The van der Waals surface area contributed by atoms with Gasteiger partial charge in [-0.25, -0.2) is 0 Å². The number of rotatable bonds is 1. The van der Waals surface area contributed by atoms with Crippen LogP contribution in [0.2, 0.25) is 0 Å². The first-order chi connectivity index (χ1) is 7.86. The van der Waals surface area contributed by atoms with Gasteiger partial charge in [0.05, 0.1) is 0 Å². The van der Waals surface area contributed by atoms with Crippen LogP contribution in [0.15, 0.2) is 54.6 Å². The largest absolute Gasteiger partial charge is 0.0676 e. The Balaban J connectivity index is 2.16. The van der Waals surface area contributed by atoms with Gasteiger partial charge < -0.3 is 0 Å². The molecule has 0 saturated heterocycles. The lowest BCUT2D eigenvalue weighted by Crippen LogP contribution is -1.90. The lowest BCUT2D eigenvalue weighted by Gasteiger charge is -2.09. The van der Waals surface area contributed by atoms with Crippen molar-refractivity contribution in [1.29, 1.82) is 0 Å². The van der Waals surface area contributed by atoms with Gasteiger partial charge in [-0.15, -0.1) is 0 Å². The van der Waals surface area contributed by atoms with Crippen molar-refractivity contribution in [3.8, 4) is 0 Å². The fourth-order valence-electron chi connectivity index (χ4n) is 2.31. The maximum atomic E-state index is 2.22. The monoisotopic (exact) mass is 205 g/mol. The highest BCUT2D eigenvalue weighted by Gasteiger charge is 2.16. The molecule has 1 radical (unpaired) electrons. The zero-order valence-corrected chi connectivity index (χ0v) is 9.27. The molecule has 0 heteroatoms. The molecule has 0 aliphatic heterocycles. The average Bonchev–Trinajstić information content (AvgIpc) is 2.75. The summed E-state index contributed by atoms with van der Waals surface area (Å²) in [5.41, 5.74) is 6.70. The zero-order valence-electron chi connectivity index (χ0n) is 9.27. The van der Waals surface area contributed by atoms with E-state index in [0.29, 0.717) is 0 Å². The molecular formula is C16H13. The maximum Gasteiger partial charge on any atom is 0.0138 e. The van der Waals surface area contributed by atoms with Crippen LogP contribution in [-0.2, 0) is 0 Å². The average molecular weight is 205 g/mol. The van der Waals surface area contributed by atoms with Gasteiger partial charge in [-0.05, 0) is 34.8 Å². The molecular weight excluding hydrogens is 192 g/mol. The van der Waals surface area contributed by atoms with Crippen LogP contribution in [0.4, 0.5) is 0 Å². The van der Waals surface area contributed by atoms with Gasteiger partial charge in [0, 0.05) is 6.42 Å². The third-order valence-corrected chi connectivity index (χ3v) is 3.09. The molecule has 0 unspecified atom stereocenters. The summed E-state index contributed by atoms with van der Waals surface area (Å²) in [5, 5.41) is 0. The molecule has 0 saturated carbocycles. The third-order valence-electron chi connectivity index (χ3n) is 3.09. The van der Waals surface area contributed by atoms with Gasteiger partial charge in [-0.1, -0.05) is 54.6 Å². The van der Waals surface area contributed by atoms with Crippen molar-refractivity contribution in [2.45, 2.75) is 6.92 Å². The first-order valence-electron chi connectivity index (χ1n) is 5.57. The molecule has 2 aromatic carbocycles. The second kappa shape index (κ2) is 3.64. The highest BCUT2D eigenvalue weighted by atomic mass is 14.2. The number of hydrogen-bond donors (Lipinski definition) is 0. The minimum atomic E-state index is 1.30. The van der Waals surface area contributed by atoms with E-state index in [1.54, 1.807) is 0 Å². The molecule has 16 heavy (non-hydrogen) atoms. The molecule has 0 amide bonds. The van der Waals surface area contributed by atoms with Gasteiger partial charge in [-0.3, -0.25) is 0 Å². The van der Waals surface area contributed by atoms with E-state index < -0.39 is 0 Å². The first-order valence-corrected chi connectivity index (χ1v) is 5.57. The molecule has 1 aliphatic rings. The Kier molecular flexibility index (Phi) is 2.14. The highest BCUT2D eigenvalue weighted by molar-refractivity contribution is 5.88. The zero-order chi connectivity index (χ0) is 11.0. The molecule has 0 spiro atoms. The van der Waals surface area contributed by atoms with E-state index in [4.69, 9.17) is 0 Å². The summed E-state index contributed by atoms with van der Waals surface area (Å²) in [4.78, 5) is 0.